The van der Waals surface area contributed by atoms with E-state index in [4.69, 9.17) is 4.74 Å². The molecule has 1 aromatic rings. The maximum Gasteiger partial charge on any atom is 0.312 e. The summed E-state index contributed by atoms with van der Waals surface area (Å²) in [6.07, 6.45) is 3.92. The number of para-hydroxylation sites is 1. The Labute approximate surface area is 150 Å². The topological polar surface area (TPSA) is 49.9 Å². The van der Waals surface area contributed by atoms with Crippen LogP contribution in [-0.2, 0) is 14.3 Å². The van der Waals surface area contributed by atoms with E-state index in [0.29, 0.717) is 13.0 Å². The van der Waals surface area contributed by atoms with Crippen LogP contribution in [0.2, 0.25) is 0 Å². The third-order valence-corrected chi connectivity index (χ3v) is 4.75. The van der Waals surface area contributed by atoms with Gasteiger partial charge in [-0.25, -0.2) is 0 Å². The van der Waals surface area contributed by atoms with Gasteiger partial charge in [0.25, 0.3) is 0 Å². The van der Waals surface area contributed by atoms with Gasteiger partial charge in [-0.05, 0) is 25.0 Å². The van der Waals surface area contributed by atoms with Crippen molar-refractivity contribution < 1.29 is 14.3 Å². The zero-order valence-electron chi connectivity index (χ0n) is 15.2. The van der Waals surface area contributed by atoms with Gasteiger partial charge >= 0.3 is 5.97 Å². The van der Waals surface area contributed by atoms with Crippen LogP contribution in [0, 0.1) is 5.92 Å². The van der Waals surface area contributed by atoms with E-state index in [9.17, 15) is 9.59 Å². The van der Waals surface area contributed by atoms with Gasteiger partial charge in [0.1, 0.15) is 0 Å². The molecule has 0 aromatic heterocycles. The minimum absolute atomic E-state index is 0.0321. The molecule has 1 heterocycles. The summed E-state index contributed by atoms with van der Waals surface area (Å²) in [6, 6.07) is 9.42. The predicted octanol–water partition coefficient (Wildman–Crippen LogP) is 2.87. The second kappa shape index (κ2) is 9.37. The van der Waals surface area contributed by atoms with Crippen LogP contribution >= 0.6 is 0 Å². The summed E-state index contributed by atoms with van der Waals surface area (Å²) in [6.45, 7) is 7.94. The quantitative estimate of drug-likeness (QED) is 0.564. The van der Waals surface area contributed by atoms with E-state index in [2.05, 4.69) is 11.5 Å². The lowest BCUT2D eigenvalue weighted by Crippen LogP contribution is -2.55. The average molecular weight is 344 g/mol. The van der Waals surface area contributed by atoms with Crippen molar-refractivity contribution in [2.45, 2.75) is 32.2 Å². The number of ether oxygens (including phenoxy) is 1. The fraction of sp³-hybridized carbons (Fsp3) is 0.500. The molecule has 1 amide bonds. The van der Waals surface area contributed by atoms with Crippen LogP contribution < -0.4 is 4.90 Å². The molecule has 0 N–H and O–H groups in total. The van der Waals surface area contributed by atoms with E-state index in [1.165, 1.54) is 7.11 Å². The van der Waals surface area contributed by atoms with Gasteiger partial charge < -0.3 is 14.5 Å². The molecule has 1 aliphatic rings. The second-order valence-corrected chi connectivity index (χ2v) is 6.32. The Kier molecular flexibility index (Phi) is 7.19. The average Bonchev–Trinajstić information content (AvgIpc) is 2.67. The first-order chi connectivity index (χ1) is 12.1. The number of likely N-dealkylation sites (tertiary alicyclic amines) is 1. The van der Waals surface area contributed by atoms with Crippen molar-refractivity contribution in [3.8, 4) is 0 Å². The second-order valence-electron chi connectivity index (χ2n) is 6.32. The lowest BCUT2D eigenvalue weighted by atomic mass is 9.89. The van der Waals surface area contributed by atoms with Gasteiger partial charge in [-0.3, -0.25) is 9.59 Å². The first-order valence-electron chi connectivity index (χ1n) is 8.90. The number of methoxy groups -OCH3 is 1. The first kappa shape index (κ1) is 19.2. The summed E-state index contributed by atoms with van der Waals surface area (Å²) in [7, 11) is 1.41. The number of carbonyl (C=O) groups is 2. The Morgan fingerprint density at radius 3 is 2.68 bits per heavy atom. The van der Waals surface area contributed by atoms with Crippen molar-refractivity contribution >= 4 is 17.6 Å². The van der Waals surface area contributed by atoms with Crippen molar-refractivity contribution in [2.75, 3.05) is 31.6 Å². The maximum absolute atomic E-state index is 12.7. The van der Waals surface area contributed by atoms with Crippen molar-refractivity contribution in [3.63, 3.8) is 0 Å². The monoisotopic (exact) mass is 344 g/mol. The highest BCUT2D eigenvalue weighted by molar-refractivity contribution is 5.94. The lowest BCUT2D eigenvalue weighted by Gasteiger charge is -2.42. The van der Waals surface area contributed by atoms with Crippen LogP contribution in [0.4, 0.5) is 5.69 Å². The maximum atomic E-state index is 12.7. The van der Waals surface area contributed by atoms with Gasteiger partial charge in [0.2, 0.25) is 5.91 Å². The fourth-order valence-electron chi connectivity index (χ4n) is 3.46. The number of hydrogen-bond acceptors (Lipinski definition) is 4. The number of benzene rings is 1. The van der Waals surface area contributed by atoms with E-state index in [1.807, 2.05) is 43.3 Å². The normalized spacial score (nSPS) is 20.7. The standard InChI is InChI=1S/C20H28N2O3/c1-4-6-13-21-14-12-18(17(15-21)20(24)25-3)22(19(23)5-2)16-10-8-7-9-11-16/h4,7-11,17-18H,1,5-6,12-15H2,2-3H3. The Morgan fingerprint density at radius 2 is 2.08 bits per heavy atom. The molecule has 25 heavy (non-hydrogen) atoms. The molecule has 1 saturated heterocycles. The van der Waals surface area contributed by atoms with Gasteiger partial charge in [-0.2, -0.15) is 0 Å². The SMILES string of the molecule is C=CCCN1CCC(N(C(=O)CC)c2ccccc2)C(C(=O)OC)C1. The largest absolute Gasteiger partial charge is 0.469 e. The van der Waals surface area contributed by atoms with Crippen LogP contribution in [0.25, 0.3) is 0 Å². The van der Waals surface area contributed by atoms with Crippen molar-refractivity contribution in [3.05, 3.63) is 43.0 Å². The van der Waals surface area contributed by atoms with Gasteiger partial charge in [0.05, 0.1) is 19.1 Å². The molecule has 1 aliphatic heterocycles. The Morgan fingerprint density at radius 1 is 1.36 bits per heavy atom. The van der Waals surface area contributed by atoms with Gasteiger partial charge in [0.15, 0.2) is 0 Å². The van der Waals surface area contributed by atoms with Gasteiger partial charge in [-0.1, -0.05) is 31.2 Å². The molecule has 0 spiro atoms. The van der Waals surface area contributed by atoms with Gasteiger partial charge in [0, 0.05) is 31.7 Å². The van der Waals surface area contributed by atoms with E-state index in [1.54, 1.807) is 4.90 Å². The molecule has 5 heteroatoms. The molecule has 2 atom stereocenters. The molecule has 0 radical (unpaired) electrons. The number of amides is 1. The summed E-state index contributed by atoms with van der Waals surface area (Å²) in [4.78, 5) is 29.2. The van der Waals surface area contributed by atoms with E-state index in [0.717, 1.165) is 31.6 Å². The molecule has 5 nitrogen and oxygen atoms in total. The minimum Gasteiger partial charge on any atom is -0.469 e. The number of hydrogen-bond donors (Lipinski definition) is 0. The van der Waals surface area contributed by atoms with E-state index < -0.39 is 0 Å². The number of esters is 1. The Bertz CT molecular complexity index is 588. The number of anilines is 1. The first-order valence-corrected chi connectivity index (χ1v) is 8.90. The summed E-state index contributed by atoms with van der Waals surface area (Å²) < 4.78 is 5.05. The lowest BCUT2D eigenvalue weighted by molar-refractivity contribution is -0.148. The third-order valence-electron chi connectivity index (χ3n) is 4.75. The minimum atomic E-state index is -0.348. The highest BCUT2D eigenvalue weighted by Gasteiger charge is 2.40. The summed E-state index contributed by atoms with van der Waals surface area (Å²) in [5.74, 6) is -0.568. The zero-order valence-corrected chi connectivity index (χ0v) is 15.2. The Balaban J connectivity index is 2.29. The van der Waals surface area contributed by atoms with Crippen molar-refractivity contribution in [2.24, 2.45) is 5.92 Å². The van der Waals surface area contributed by atoms with Crippen LogP contribution in [0.15, 0.2) is 43.0 Å². The zero-order chi connectivity index (χ0) is 18.2. The molecule has 1 aromatic carbocycles. The molecule has 0 bridgehead atoms. The molecule has 1 fully saturated rings. The summed E-state index contributed by atoms with van der Waals surface area (Å²) in [5, 5.41) is 0. The number of piperidine rings is 1. The number of nitrogens with zero attached hydrogens (tertiary/aromatic N) is 2. The van der Waals surface area contributed by atoms with Crippen LogP contribution in [-0.4, -0.2) is 49.6 Å². The molecular weight excluding hydrogens is 316 g/mol. The number of rotatable bonds is 7. The molecule has 0 aliphatic carbocycles. The van der Waals surface area contributed by atoms with Crippen molar-refractivity contribution in [1.29, 1.82) is 0 Å². The summed E-state index contributed by atoms with van der Waals surface area (Å²) >= 11 is 0. The third kappa shape index (κ3) is 4.69. The van der Waals surface area contributed by atoms with Crippen LogP contribution in [0.3, 0.4) is 0 Å². The highest BCUT2D eigenvalue weighted by Crippen LogP contribution is 2.29. The molecular formula is C20H28N2O3. The summed E-state index contributed by atoms with van der Waals surface area (Å²) in [5.41, 5.74) is 0.841. The smallest absolute Gasteiger partial charge is 0.312 e. The van der Waals surface area contributed by atoms with Gasteiger partial charge in [-0.15, -0.1) is 6.58 Å². The Hall–Kier alpha value is -2.14. The predicted molar refractivity (Wildman–Crippen MR) is 99.4 cm³/mol. The van der Waals surface area contributed by atoms with Crippen molar-refractivity contribution in [1.82, 2.24) is 4.90 Å². The molecule has 2 unspecified atom stereocenters. The van der Waals surface area contributed by atoms with E-state index >= 15 is 0 Å². The highest BCUT2D eigenvalue weighted by atomic mass is 16.5. The molecule has 2 rings (SSSR count). The fourth-order valence-corrected chi connectivity index (χ4v) is 3.46. The number of carbonyl (C=O) groups excluding carboxylic acids is 2. The van der Waals surface area contributed by atoms with E-state index in [-0.39, 0.29) is 23.8 Å². The molecule has 0 saturated carbocycles. The van der Waals surface area contributed by atoms with Crippen LogP contribution in [0.1, 0.15) is 26.2 Å². The molecule has 136 valence electrons. The van der Waals surface area contributed by atoms with Crippen LogP contribution in [0.5, 0.6) is 0 Å².